The standard InChI is InChI=1S/C12H15BrO2/c1-8(14)11-6-10(13)4-5-12(11)15-7-9-2-3-9/h4-6,8-9,14H,2-3,7H2,1H3. The first-order chi connectivity index (χ1) is 7.16. The van der Waals surface area contributed by atoms with Crippen molar-refractivity contribution in [2.24, 2.45) is 5.92 Å². The van der Waals surface area contributed by atoms with Gasteiger partial charge in [0, 0.05) is 10.0 Å². The predicted octanol–water partition coefficient (Wildman–Crippen LogP) is 3.29. The highest BCUT2D eigenvalue weighted by atomic mass is 79.9. The number of rotatable bonds is 4. The van der Waals surface area contributed by atoms with Gasteiger partial charge in [0.25, 0.3) is 0 Å². The summed E-state index contributed by atoms with van der Waals surface area (Å²) in [6, 6.07) is 5.76. The van der Waals surface area contributed by atoms with Crippen molar-refractivity contribution in [1.82, 2.24) is 0 Å². The van der Waals surface area contributed by atoms with Gasteiger partial charge in [-0.3, -0.25) is 0 Å². The first-order valence-electron chi connectivity index (χ1n) is 5.27. The summed E-state index contributed by atoms with van der Waals surface area (Å²) < 4.78 is 6.67. The molecule has 3 heteroatoms. The molecule has 0 spiro atoms. The second-order valence-electron chi connectivity index (χ2n) is 4.11. The lowest BCUT2D eigenvalue weighted by atomic mass is 10.1. The zero-order valence-electron chi connectivity index (χ0n) is 8.74. The Labute approximate surface area is 98.4 Å². The molecule has 0 radical (unpaired) electrons. The third kappa shape index (κ3) is 2.95. The molecule has 0 aliphatic heterocycles. The number of halogens is 1. The van der Waals surface area contributed by atoms with Crippen LogP contribution in [-0.2, 0) is 0 Å². The Bertz CT molecular complexity index is 345. The Balaban J connectivity index is 2.12. The van der Waals surface area contributed by atoms with Gasteiger partial charge in [0.05, 0.1) is 12.7 Å². The maximum atomic E-state index is 9.61. The Morgan fingerprint density at radius 2 is 2.27 bits per heavy atom. The van der Waals surface area contributed by atoms with Crippen LogP contribution in [0, 0.1) is 5.92 Å². The van der Waals surface area contributed by atoms with Crippen LogP contribution in [0.4, 0.5) is 0 Å². The Hall–Kier alpha value is -0.540. The molecule has 82 valence electrons. The van der Waals surface area contributed by atoms with Crippen LogP contribution in [0.25, 0.3) is 0 Å². The van der Waals surface area contributed by atoms with Crippen LogP contribution in [0.5, 0.6) is 5.75 Å². The van der Waals surface area contributed by atoms with Crippen LogP contribution in [0.1, 0.15) is 31.4 Å². The lowest BCUT2D eigenvalue weighted by molar-refractivity contribution is 0.190. The minimum Gasteiger partial charge on any atom is -0.493 e. The van der Waals surface area contributed by atoms with E-state index in [1.54, 1.807) is 6.92 Å². The van der Waals surface area contributed by atoms with Crippen molar-refractivity contribution in [3.8, 4) is 5.75 Å². The lowest BCUT2D eigenvalue weighted by Gasteiger charge is -2.13. The first kappa shape index (κ1) is 11.0. The zero-order valence-corrected chi connectivity index (χ0v) is 10.3. The van der Waals surface area contributed by atoms with Gasteiger partial charge >= 0.3 is 0 Å². The molecule has 2 rings (SSSR count). The molecule has 0 amide bonds. The maximum Gasteiger partial charge on any atom is 0.125 e. The smallest absolute Gasteiger partial charge is 0.125 e. The van der Waals surface area contributed by atoms with Crippen molar-refractivity contribution >= 4 is 15.9 Å². The summed E-state index contributed by atoms with van der Waals surface area (Å²) in [5.41, 5.74) is 0.852. The molecule has 1 aliphatic rings. The molecule has 0 heterocycles. The van der Waals surface area contributed by atoms with E-state index in [2.05, 4.69) is 15.9 Å². The Morgan fingerprint density at radius 1 is 1.53 bits per heavy atom. The van der Waals surface area contributed by atoms with E-state index in [0.717, 1.165) is 28.3 Å². The number of aliphatic hydroxyl groups excluding tert-OH is 1. The summed E-state index contributed by atoms with van der Waals surface area (Å²) in [6.07, 6.45) is 2.07. The van der Waals surface area contributed by atoms with Crippen LogP contribution in [0.3, 0.4) is 0 Å². The minimum atomic E-state index is -0.489. The van der Waals surface area contributed by atoms with E-state index in [1.165, 1.54) is 12.8 Å². The third-order valence-electron chi connectivity index (χ3n) is 2.59. The molecule has 0 aromatic heterocycles. The van der Waals surface area contributed by atoms with Crippen LogP contribution in [-0.4, -0.2) is 11.7 Å². The molecule has 1 aliphatic carbocycles. The predicted molar refractivity (Wildman–Crippen MR) is 63.0 cm³/mol. The second-order valence-corrected chi connectivity index (χ2v) is 5.03. The molecule has 2 nitrogen and oxygen atoms in total. The summed E-state index contributed by atoms with van der Waals surface area (Å²) in [7, 11) is 0. The van der Waals surface area contributed by atoms with E-state index in [1.807, 2.05) is 18.2 Å². The van der Waals surface area contributed by atoms with Crippen molar-refractivity contribution in [3.05, 3.63) is 28.2 Å². The van der Waals surface area contributed by atoms with E-state index in [4.69, 9.17) is 4.74 Å². The maximum absolute atomic E-state index is 9.61. The molecule has 15 heavy (non-hydrogen) atoms. The Kier molecular flexibility index (Phi) is 3.32. The molecule has 0 saturated heterocycles. The molecule has 1 saturated carbocycles. The van der Waals surface area contributed by atoms with Gasteiger partial charge in [-0.1, -0.05) is 15.9 Å². The van der Waals surface area contributed by atoms with Gasteiger partial charge in [0.1, 0.15) is 5.75 Å². The van der Waals surface area contributed by atoms with E-state index >= 15 is 0 Å². The number of aliphatic hydroxyl groups is 1. The van der Waals surface area contributed by atoms with Crippen molar-refractivity contribution in [1.29, 1.82) is 0 Å². The summed E-state index contributed by atoms with van der Waals surface area (Å²) in [6.45, 7) is 2.53. The quantitative estimate of drug-likeness (QED) is 0.910. The largest absolute Gasteiger partial charge is 0.493 e. The fourth-order valence-corrected chi connectivity index (χ4v) is 1.85. The summed E-state index contributed by atoms with van der Waals surface area (Å²) in [5.74, 6) is 1.54. The lowest BCUT2D eigenvalue weighted by Crippen LogP contribution is -2.03. The van der Waals surface area contributed by atoms with Crippen LogP contribution in [0.2, 0.25) is 0 Å². The highest BCUT2D eigenvalue weighted by Crippen LogP contribution is 2.32. The zero-order chi connectivity index (χ0) is 10.8. The van der Waals surface area contributed by atoms with Gasteiger partial charge in [0.2, 0.25) is 0 Å². The van der Waals surface area contributed by atoms with Crippen LogP contribution in [0.15, 0.2) is 22.7 Å². The molecule has 1 aromatic carbocycles. The van der Waals surface area contributed by atoms with E-state index in [9.17, 15) is 5.11 Å². The molecular weight excluding hydrogens is 256 g/mol. The number of benzene rings is 1. The van der Waals surface area contributed by atoms with Crippen molar-refractivity contribution in [2.75, 3.05) is 6.61 Å². The average Bonchev–Trinajstić information content (AvgIpc) is 2.99. The van der Waals surface area contributed by atoms with E-state index in [0.29, 0.717) is 0 Å². The molecule has 1 aromatic rings. The molecule has 0 bridgehead atoms. The highest BCUT2D eigenvalue weighted by molar-refractivity contribution is 9.10. The van der Waals surface area contributed by atoms with Gasteiger partial charge in [-0.25, -0.2) is 0 Å². The molecular formula is C12H15BrO2. The number of hydrogen-bond acceptors (Lipinski definition) is 2. The minimum absolute atomic E-state index is 0.489. The summed E-state index contributed by atoms with van der Waals surface area (Å²) in [4.78, 5) is 0. The van der Waals surface area contributed by atoms with Crippen molar-refractivity contribution in [3.63, 3.8) is 0 Å². The number of ether oxygens (including phenoxy) is 1. The van der Waals surface area contributed by atoms with Gasteiger partial charge in [-0.15, -0.1) is 0 Å². The molecule has 1 N–H and O–H groups in total. The SMILES string of the molecule is CC(O)c1cc(Br)ccc1OCC1CC1. The molecule has 1 atom stereocenters. The van der Waals surface area contributed by atoms with E-state index in [-0.39, 0.29) is 0 Å². The molecule has 1 fully saturated rings. The van der Waals surface area contributed by atoms with E-state index < -0.39 is 6.10 Å². The first-order valence-corrected chi connectivity index (χ1v) is 6.06. The Morgan fingerprint density at radius 3 is 2.87 bits per heavy atom. The van der Waals surface area contributed by atoms with Gasteiger partial charge < -0.3 is 9.84 Å². The second kappa shape index (κ2) is 4.54. The van der Waals surface area contributed by atoms with Crippen LogP contribution >= 0.6 is 15.9 Å². The number of hydrogen-bond donors (Lipinski definition) is 1. The van der Waals surface area contributed by atoms with Crippen molar-refractivity contribution < 1.29 is 9.84 Å². The monoisotopic (exact) mass is 270 g/mol. The van der Waals surface area contributed by atoms with Gasteiger partial charge in [0.15, 0.2) is 0 Å². The fourth-order valence-electron chi connectivity index (χ4n) is 1.47. The van der Waals surface area contributed by atoms with Gasteiger partial charge in [-0.2, -0.15) is 0 Å². The average molecular weight is 271 g/mol. The van der Waals surface area contributed by atoms with Gasteiger partial charge in [-0.05, 0) is 43.9 Å². The summed E-state index contributed by atoms with van der Waals surface area (Å²) in [5, 5.41) is 9.61. The molecule has 1 unspecified atom stereocenters. The third-order valence-corrected chi connectivity index (χ3v) is 3.09. The fraction of sp³-hybridized carbons (Fsp3) is 0.500. The van der Waals surface area contributed by atoms with Crippen molar-refractivity contribution in [2.45, 2.75) is 25.9 Å². The highest BCUT2D eigenvalue weighted by Gasteiger charge is 2.22. The normalized spacial score (nSPS) is 17.5. The summed E-state index contributed by atoms with van der Waals surface area (Å²) >= 11 is 3.39. The topological polar surface area (TPSA) is 29.5 Å². The van der Waals surface area contributed by atoms with Crippen LogP contribution < -0.4 is 4.74 Å².